The Balaban J connectivity index is 2.72. The molecule has 0 unspecified atom stereocenters. The molecule has 0 heterocycles. The van der Waals surface area contributed by atoms with E-state index in [-0.39, 0.29) is 0 Å². The van der Waals surface area contributed by atoms with Crippen LogP contribution < -0.4 is 0 Å². The van der Waals surface area contributed by atoms with Crippen molar-refractivity contribution in [3.05, 3.63) is 0 Å². The van der Waals surface area contributed by atoms with E-state index in [0.29, 0.717) is 9.52 Å². The van der Waals surface area contributed by atoms with Crippen LogP contribution in [0.15, 0.2) is 0 Å². The van der Waals surface area contributed by atoms with Crippen molar-refractivity contribution in [2.75, 3.05) is 20.6 Å². The van der Waals surface area contributed by atoms with Crippen molar-refractivity contribution in [2.24, 2.45) is 0 Å². The van der Waals surface area contributed by atoms with Gasteiger partial charge in [0.05, 0.1) is 0 Å². The molecular formula is C6H17NSi. The molecule has 0 atom stereocenters. The highest BCUT2D eigenvalue weighted by Gasteiger charge is 1.86. The molecule has 0 aromatic rings. The molecule has 1 nitrogen and oxygen atoms in total. The lowest BCUT2D eigenvalue weighted by Gasteiger charge is -2.06. The Hall–Kier alpha value is 0.177. The molecular weight excluding hydrogens is 114 g/mol. The quantitative estimate of drug-likeness (QED) is 0.398. The Labute approximate surface area is 54.9 Å². The Bertz CT molecular complexity index is 45.8. The number of hydrogen-bond acceptors (Lipinski definition) is 1. The van der Waals surface area contributed by atoms with Crippen molar-refractivity contribution in [3.63, 3.8) is 0 Å². The number of hydrogen-bond donors (Lipinski definition) is 0. The summed E-state index contributed by atoms with van der Waals surface area (Å²) in [7, 11) is 4.62. The number of nitrogens with zero attached hydrogens (tertiary/aromatic N) is 1. The molecule has 2 heteroatoms. The molecule has 0 N–H and O–H groups in total. The van der Waals surface area contributed by atoms with Gasteiger partial charge in [-0.05, 0) is 27.1 Å². The smallest absolute Gasteiger partial charge is 0.0167 e. The van der Waals surface area contributed by atoms with Gasteiger partial charge >= 0.3 is 0 Å². The maximum atomic E-state index is 2.37. The van der Waals surface area contributed by atoms with Crippen LogP contribution in [0.3, 0.4) is 0 Å². The van der Waals surface area contributed by atoms with E-state index in [1.54, 1.807) is 0 Å². The minimum absolute atomic E-state index is 0.344. The predicted molar refractivity (Wildman–Crippen MR) is 42.4 cm³/mol. The monoisotopic (exact) mass is 131 g/mol. The Morgan fingerprint density at radius 1 is 1.38 bits per heavy atom. The third kappa shape index (κ3) is 6.18. The molecule has 8 heavy (non-hydrogen) atoms. The SMILES string of the molecule is C[SiH2]CCCN(C)C. The first-order chi connectivity index (χ1) is 3.77. The Morgan fingerprint density at radius 3 is 2.38 bits per heavy atom. The molecule has 0 radical (unpaired) electrons. The van der Waals surface area contributed by atoms with E-state index in [2.05, 4.69) is 25.5 Å². The highest BCUT2D eigenvalue weighted by Crippen LogP contribution is 1.88. The standard InChI is InChI=1S/C6H17NSi/c1-7(2)5-4-6-8-3/h4-6,8H2,1-3H3. The summed E-state index contributed by atoms with van der Waals surface area (Å²) in [5, 5.41) is 0. The zero-order chi connectivity index (χ0) is 6.41. The van der Waals surface area contributed by atoms with Gasteiger partial charge in [-0.25, -0.2) is 0 Å². The third-order valence-electron chi connectivity index (χ3n) is 1.21. The lowest BCUT2D eigenvalue weighted by atomic mass is 10.5. The maximum absolute atomic E-state index is 2.37. The topological polar surface area (TPSA) is 3.24 Å². The van der Waals surface area contributed by atoms with Gasteiger partial charge in [-0.1, -0.05) is 12.6 Å². The highest BCUT2D eigenvalue weighted by atomic mass is 28.2. The largest absolute Gasteiger partial charge is 0.309 e. The second kappa shape index (κ2) is 5.32. The van der Waals surface area contributed by atoms with Crippen LogP contribution in [0.25, 0.3) is 0 Å². The van der Waals surface area contributed by atoms with Gasteiger partial charge in [0.15, 0.2) is 0 Å². The Morgan fingerprint density at radius 2 is 2.00 bits per heavy atom. The molecule has 0 bridgehead atoms. The average molecular weight is 131 g/mol. The second-order valence-corrected chi connectivity index (χ2v) is 4.22. The average Bonchev–Trinajstić information content (AvgIpc) is 1.66. The summed E-state index contributed by atoms with van der Waals surface area (Å²) < 4.78 is 0. The van der Waals surface area contributed by atoms with Gasteiger partial charge in [0.1, 0.15) is 0 Å². The van der Waals surface area contributed by atoms with Crippen molar-refractivity contribution < 1.29 is 0 Å². The highest BCUT2D eigenvalue weighted by molar-refractivity contribution is 6.33. The first-order valence-corrected chi connectivity index (χ1v) is 5.83. The fourth-order valence-corrected chi connectivity index (χ4v) is 1.40. The summed E-state index contributed by atoms with van der Waals surface area (Å²) in [6.45, 7) is 3.65. The minimum atomic E-state index is 0.344. The molecule has 0 aromatic carbocycles. The van der Waals surface area contributed by atoms with E-state index in [4.69, 9.17) is 0 Å². The first kappa shape index (κ1) is 8.18. The number of rotatable bonds is 4. The molecule has 0 spiro atoms. The van der Waals surface area contributed by atoms with Crippen LogP contribution in [-0.4, -0.2) is 35.1 Å². The van der Waals surface area contributed by atoms with Gasteiger partial charge < -0.3 is 4.90 Å². The molecule has 0 aliphatic rings. The van der Waals surface area contributed by atoms with Gasteiger partial charge in [0.25, 0.3) is 0 Å². The minimum Gasteiger partial charge on any atom is -0.309 e. The summed E-state index contributed by atoms with van der Waals surface area (Å²) in [4.78, 5) is 2.25. The normalized spacial score (nSPS) is 12.0. The predicted octanol–water partition coefficient (Wildman–Crippen LogP) is 0.573. The van der Waals surface area contributed by atoms with Crippen molar-refractivity contribution in [1.29, 1.82) is 0 Å². The third-order valence-corrected chi connectivity index (χ3v) is 2.42. The van der Waals surface area contributed by atoms with Gasteiger partial charge in [-0.3, -0.25) is 0 Å². The van der Waals surface area contributed by atoms with Crippen LogP contribution in [0.2, 0.25) is 12.6 Å². The maximum Gasteiger partial charge on any atom is 0.0167 e. The van der Waals surface area contributed by atoms with Crippen molar-refractivity contribution in [2.45, 2.75) is 19.0 Å². The van der Waals surface area contributed by atoms with Crippen LogP contribution in [0.5, 0.6) is 0 Å². The van der Waals surface area contributed by atoms with E-state index in [0.717, 1.165) is 0 Å². The summed E-state index contributed by atoms with van der Waals surface area (Å²) in [5.41, 5.74) is 0. The Kier molecular flexibility index (Phi) is 5.43. The second-order valence-electron chi connectivity index (χ2n) is 2.51. The molecule has 0 aliphatic heterocycles. The van der Waals surface area contributed by atoms with E-state index in [1.807, 2.05) is 0 Å². The lowest BCUT2D eigenvalue weighted by molar-refractivity contribution is 0.408. The lowest BCUT2D eigenvalue weighted by Crippen LogP contribution is -2.12. The van der Waals surface area contributed by atoms with Gasteiger partial charge in [0, 0.05) is 9.52 Å². The van der Waals surface area contributed by atoms with Crippen LogP contribution >= 0.6 is 0 Å². The molecule has 50 valence electrons. The van der Waals surface area contributed by atoms with E-state index < -0.39 is 0 Å². The summed E-state index contributed by atoms with van der Waals surface area (Å²) >= 11 is 0. The van der Waals surface area contributed by atoms with Crippen LogP contribution in [0.1, 0.15) is 6.42 Å². The molecule has 0 saturated heterocycles. The van der Waals surface area contributed by atoms with Crippen molar-refractivity contribution in [1.82, 2.24) is 4.90 Å². The molecule has 0 aliphatic carbocycles. The fourth-order valence-electron chi connectivity index (χ4n) is 0.678. The summed E-state index contributed by atoms with van der Waals surface area (Å²) in [6, 6.07) is 1.51. The zero-order valence-electron chi connectivity index (χ0n) is 6.28. The van der Waals surface area contributed by atoms with Crippen molar-refractivity contribution in [3.8, 4) is 0 Å². The van der Waals surface area contributed by atoms with Crippen LogP contribution in [0, 0.1) is 0 Å². The van der Waals surface area contributed by atoms with Gasteiger partial charge in [-0.15, -0.1) is 0 Å². The summed E-state index contributed by atoms with van der Waals surface area (Å²) in [6.07, 6.45) is 1.41. The van der Waals surface area contributed by atoms with E-state index in [9.17, 15) is 0 Å². The molecule has 0 rings (SSSR count). The zero-order valence-corrected chi connectivity index (χ0v) is 7.69. The summed E-state index contributed by atoms with van der Waals surface area (Å²) in [5.74, 6) is 0. The molecule has 0 aromatic heterocycles. The first-order valence-electron chi connectivity index (χ1n) is 3.42. The van der Waals surface area contributed by atoms with E-state index in [1.165, 1.54) is 19.0 Å². The molecule has 0 amide bonds. The molecule has 0 fully saturated rings. The van der Waals surface area contributed by atoms with Crippen LogP contribution in [-0.2, 0) is 0 Å². The van der Waals surface area contributed by atoms with Gasteiger partial charge in [0.2, 0.25) is 0 Å². The fraction of sp³-hybridized carbons (Fsp3) is 1.00. The van der Waals surface area contributed by atoms with Crippen molar-refractivity contribution >= 4 is 9.52 Å². The molecule has 0 saturated carbocycles. The van der Waals surface area contributed by atoms with Crippen LogP contribution in [0.4, 0.5) is 0 Å². The van der Waals surface area contributed by atoms with E-state index >= 15 is 0 Å². The van der Waals surface area contributed by atoms with Gasteiger partial charge in [-0.2, -0.15) is 0 Å².